The summed E-state index contributed by atoms with van der Waals surface area (Å²) in [6, 6.07) is 8.96. The molecule has 18 heavy (non-hydrogen) atoms. The molecule has 0 amide bonds. The molecule has 0 atom stereocenters. The van der Waals surface area contributed by atoms with Crippen LogP contribution in [0.1, 0.15) is 10.4 Å². The van der Waals surface area contributed by atoms with Crippen LogP contribution in [0.5, 0.6) is 11.6 Å². The lowest BCUT2D eigenvalue weighted by Gasteiger charge is -2.09. The lowest BCUT2D eigenvalue weighted by molar-refractivity contribution is 0.112. The van der Waals surface area contributed by atoms with Crippen LogP contribution < -0.4 is 9.47 Å². The first-order chi connectivity index (χ1) is 8.78. The highest BCUT2D eigenvalue weighted by atomic mass is 16.5. The van der Waals surface area contributed by atoms with Crippen LogP contribution in [0.3, 0.4) is 0 Å². The smallest absolute Gasteiger partial charge is 0.212 e. The zero-order chi connectivity index (χ0) is 13.0. The molecule has 1 heterocycles. The van der Waals surface area contributed by atoms with Gasteiger partial charge in [0, 0.05) is 29.0 Å². The molecule has 4 heteroatoms. The quantitative estimate of drug-likeness (QED) is 0.774. The zero-order valence-electron chi connectivity index (χ0n) is 10.2. The van der Waals surface area contributed by atoms with Crippen molar-refractivity contribution in [2.45, 2.75) is 0 Å². The molecular formula is C14H13NO3. The van der Waals surface area contributed by atoms with Crippen molar-refractivity contribution in [2.75, 3.05) is 14.2 Å². The van der Waals surface area contributed by atoms with Crippen molar-refractivity contribution >= 4 is 6.29 Å². The molecule has 2 rings (SSSR count). The average Bonchev–Trinajstić information content (AvgIpc) is 2.46. The van der Waals surface area contributed by atoms with E-state index in [1.807, 2.05) is 12.1 Å². The first-order valence-corrected chi connectivity index (χ1v) is 5.42. The van der Waals surface area contributed by atoms with Gasteiger partial charge in [-0.15, -0.1) is 0 Å². The Morgan fingerprint density at radius 1 is 1.11 bits per heavy atom. The molecule has 1 aromatic heterocycles. The number of hydrogen-bond donors (Lipinski definition) is 0. The summed E-state index contributed by atoms with van der Waals surface area (Å²) in [4.78, 5) is 14.9. The second-order valence-electron chi connectivity index (χ2n) is 3.67. The van der Waals surface area contributed by atoms with Gasteiger partial charge in [-0.1, -0.05) is 6.07 Å². The first-order valence-electron chi connectivity index (χ1n) is 5.42. The fraction of sp³-hybridized carbons (Fsp3) is 0.143. The average molecular weight is 243 g/mol. The molecule has 4 nitrogen and oxygen atoms in total. The minimum Gasteiger partial charge on any atom is -0.496 e. The van der Waals surface area contributed by atoms with E-state index in [0.29, 0.717) is 17.2 Å². The van der Waals surface area contributed by atoms with E-state index in [1.54, 1.807) is 38.6 Å². The molecule has 0 radical (unpaired) electrons. The third-order valence-corrected chi connectivity index (χ3v) is 2.62. The molecule has 0 saturated carbocycles. The maximum absolute atomic E-state index is 10.7. The predicted octanol–water partition coefficient (Wildman–Crippen LogP) is 2.58. The van der Waals surface area contributed by atoms with Gasteiger partial charge >= 0.3 is 0 Å². The maximum atomic E-state index is 10.7. The van der Waals surface area contributed by atoms with Crippen molar-refractivity contribution in [1.29, 1.82) is 0 Å². The lowest BCUT2D eigenvalue weighted by Crippen LogP contribution is -1.92. The Bertz CT molecular complexity index is 549. The van der Waals surface area contributed by atoms with Crippen molar-refractivity contribution in [3.05, 3.63) is 42.1 Å². The van der Waals surface area contributed by atoms with Gasteiger partial charge < -0.3 is 9.47 Å². The summed E-state index contributed by atoms with van der Waals surface area (Å²) >= 11 is 0. The fourth-order valence-corrected chi connectivity index (χ4v) is 1.68. The number of carbonyl (C=O) groups excluding carboxylic acids is 1. The maximum Gasteiger partial charge on any atom is 0.212 e. The molecule has 0 fully saturated rings. The van der Waals surface area contributed by atoms with Crippen molar-refractivity contribution in [3.63, 3.8) is 0 Å². The normalized spacial score (nSPS) is 9.89. The molecule has 92 valence electrons. The highest BCUT2D eigenvalue weighted by Crippen LogP contribution is 2.30. The molecule has 0 aliphatic heterocycles. The van der Waals surface area contributed by atoms with Gasteiger partial charge in [-0.05, 0) is 18.2 Å². The molecule has 1 aromatic carbocycles. The Hall–Kier alpha value is -2.36. The number of carbonyl (C=O) groups is 1. The number of nitrogens with zero attached hydrogens (tertiary/aromatic N) is 1. The largest absolute Gasteiger partial charge is 0.496 e. The van der Waals surface area contributed by atoms with E-state index in [9.17, 15) is 4.79 Å². The topological polar surface area (TPSA) is 48.4 Å². The molecule has 0 saturated heterocycles. The monoisotopic (exact) mass is 243 g/mol. The van der Waals surface area contributed by atoms with Crippen LogP contribution in [0.25, 0.3) is 11.1 Å². The number of methoxy groups -OCH3 is 2. The Balaban J connectivity index is 2.45. The number of aromatic nitrogens is 1. The van der Waals surface area contributed by atoms with Crippen LogP contribution >= 0.6 is 0 Å². The third-order valence-electron chi connectivity index (χ3n) is 2.62. The summed E-state index contributed by atoms with van der Waals surface area (Å²) in [6.07, 6.45) is 2.50. The van der Waals surface area contributed by atoms with Gasteiger partial charge in [0.05, 0.1) is 14.2 Å². The molecule has 0 aliphatic carbocycles. The van der Waals surface area contributed by atoms with Gasteiger partial charge in [0.2, 0.25) is 5.88 Å². The van der Waals surface area contributed by atoms with Gasteiger partial charge in [0.1, 0.15) is 12.0 Å². The van der Waals surface area contributed by atoms with Crippen LogP contribution in [0.15, 0.2) is 36.5 Å². The summed E-state index contributed by atoms with van der Waals surface area (Å²) in [5.41, 5.74) is 2.38. The number of ether oxygens (including phenoxy) is 2. The van der Waals surface area contributed by atoms with Crippen LogP contribution in [0.4, 0.5) is 0 Å². The Labute approximate surface area is 105 Å². The second kappa shape index (κ2) is 5.31. The van der Waals surface area contributed by atoms with Crippen molar-refractivity contribution in [1.82, 2.24) is 4.98 Å². The lowest BCUT2D eigenvalue weighted by atomic mass is 10.0. The number of aldehydes is 1. The summed E-state index contributed by atoms with van der Waals surface area (Å²) in [6.45, 7) is 0. The van der Waals surface area contributed by atoms with E-state index in [1.165, 1.54) is 0 Å². The van der Waals surface area contributed by atoms with E-state index >= 15 is 0 Å². The van der Waals surface area contributed by atoms with Crippen LogP contribution in [0.2, 0.25) is 0 Å². The number of benzene rings is 1. The number of pyridine rings is 1. The van der Waals surface area contributed by atoms with E-state index < -0.39 is 0 Å². The van der Waals surface area contributed by atoms with Gasteiger partial charge in [-0.25, -0.2) is 4.98 Å². The molecule has 0 unspecified atom stereocenters. The number of rotatable bonds is 4. The highest BCUT2D eigenvalue weighted by Gasteiger charge is 2.07. The minimum absolute atomic E-state index is 0.558. The third kappa shape index (κ3) is 2.32. The van der Waals surface area contributed by atoms with Gasteiger partial charge in [-0.2, -0.15) is 0 Å². The Morgan fingerprint density at radius 3 is 2.50 bits per heavy atom. The van der Waals surface area contributed by atoms with Crippen molar-refractivity contribution < 1.29 is 14.3 Å². The standard InChI is InChI=1S/C14H13NO3/c1-17-13-7-10(9-16)3-5-12(13)11-4-6-14(18-2)15-8-11/h3-9H,1-2H3. The van der Waals surface area contributed by atoms with Crippen LogP contribution in [-0.2, 0) is 0 Å². The highest BCUT2D eigenvalue weighted by molar-refractivity contribution is 5.80. The first kappa shape index (κ1) is 12.1. The Morgan fingerprint density at radius 2 is 1.94 bits per heavy atom. The van der Waals surface area contributed by atoms with E-state index in [-0.39, 0.29) is 0 Å². The fourth-order valence-electron chi connectivity index (χ4n) is 1.68. The SMILES string of the molecule is COc1ccc(-c2ccc(C=O)cc2OC)cn1. The molecule has 0 bridgehead atoms. The van der Waals surface area contributed by atoms with Crippen LogP contribution in [-0.4, -0.2) is 25.5 Å². The van der Waals surface area contributed by atoms with Gasteiger partial charge in [0.15, 0.2) is 0 Å². The van der Waals surface area contributed by atoms with E-state index in [2.05, 4.69) is 4.98 Å². The summed E-state index contributed by atoms with van der Waals surface area (Å²) in [5, 5.41) is 0. The van der Waals surface area contributed by atoms with E-state index in [0.717, 1.165) is 17.4 Å². The molecule has 0 aliphatic rings. The summed E-state index contributed by atoms with van der Waals surface area (Å²) in [7, 11) is 3.14. The van der Waals surface area contributed by atoms with E-state index in [4.69, 9.17) is 9.47 Å². The Kier molecular flexibility index (Phi) is 3.57. The van der Waals surface area contributed by atoms with Gasteiger partial charge in [-0.3, -0.25) is 4.79 Å². The van der Waals surface area contributed by atoms with Crippen molar-refractivity contribution in [2.24, 2.45) is 0 Å². The second-order valence-corrected chi connectivity index (χ2v) is 3.67. The van der Waals surface area contributed by atoms with Crippen molar-refractivity contribution in [3.8, 4) is 22.8 Å². The number of hydrogen-bond acceptors (Lipinski definition) is 4. The molecule has 0 spiro atoms. The summed E-state index contributed by atoms with van der Waals surface area (Å²) < 4.78 is 10.3. The molecule has 0 N–H and O–H groups in total. The molecule has 2 aromatic rings. The predicted molar refractivity (Wildman–Crippen MR) is 68.2 cm³/mol. The minimum atomic E-state index is 0.558. The zero-order valence-corrected chi connectivity index (χ0v) is 10.2. The summed E-state index contributed by atoms with van der Waals surface area (Å²) in [5.74, 6) is 1.20. The van der Waals surface area contributed by atoms with Gasteiger partial charge in [0.25, 0.3) is 0 Å². The molecular weight excluding hydrogens is 230 g/mol. The van der Waals surface area contributed by atoms with Crippen LogP contribution in [0, 0.1) is 0 Å².